The predicted molar refractivity (Wildman–Crippen MR) is 69.0 cm³/mol. The molecule has 3 aromatic heterocycles. The summed E-state index contributed by atoms with van der Waals surface area (Å²) in [6.45, 7) is 1.41. The maximum absolute atomic E-state index is 12.0. The number of nitrogens with one attached hydrogen (secondary N) is 1. The number of aromatic nitrogens is 4. The highest BCUT2D eigenvalue weighted by molar-refractivity contribution is 5.93. The minimum Gasteiger partial charge on any atom is -0.326 e. The monoisotopic (exact) mass is 254 g/mol. The summed E-state index contributed by atoms with van der Waals surface area (Å²) in [5.74, 6) is 0.0181. The van der Waals surface area contributed by atoms with Crippen LogP contribution in [0.2, 0.25) is 0 Å². The van der Waals surface area contributed by atoms with Gasteiger partial charge in [-0.25, -0.2) is 4.98 Å². The number of pyridine rings is 1. The Morgan fingerprint density at radius 1 is 1.37 bits per heavy atom. The summed E-state index contributed by atoms with van der Waals surface area (Å²) in [6.07, 6.45) is 4.70. The molecule has 94 valence electrons. The number of rotatable bonds is 2. The second-order valence-electron chi connectivity index (χ2n) is 4.06. The van der Waals surface area contributed by atoms with Crippen LogP contribution in [0.15, 0.2) is 41.6 Å². The normalized spacial score (nSPS) is 10.8. The molecule has 0 spiro atoms. The van der Waals surface area contributed by atoms with Gasteiger partial charge in [0.15, 0.2) is 11.6 Å². The zero-order valence-electron chi connectivity index (χ0n) is 10.1. The number of imidazole rings is 1. The first-order chi connectivity index (χ1) is 9.18. The molecule has 0 unspecified atom stereocenters. The highest BCUT2D eigenvalue weighted by Crippen LogP contribution is 2.20. The third-order valence-electron chi connectivity index (χ3n) is 2.79. The summed E-state index contributed by atoms with van der Waals surface area (Å²) in [6, 6.07) is 5.33. The Morgan fingerprint density at radius 2 is 2.21 bits per heavy atom. The molecule has 3 rings (SSSR count). The maximum Gasteiger partial charge on any atom is 0.274 e. The van der Waals surface area contributed by atoms with Crippen molar-refractivity contribution in [3.8, 4) is 11.4 Å². The highest BCUT2D eigenvalue weighted by Gasteiger charge is 2.18. The summed E-state index contributed by atoms with van der Waals surface area (Å²) in [5, 5.41) is 0. The van der Waals surface area contributed by atoms with Crippen LogP contribution in [0.3, 0.4) is 0 Å². The van der Waals surface area contributed by atoms with Crippen molar-refractivity contribution in [2.45, 2.75) is 6.92 Å². The second-order valence-corrected chi connectivity index (χ2v) is 4.06. The molecule has 0 fully saturated rings. The molecule has 0 atom stereocenters. The van der Waals surface area contributed by atoms with E-state index in [1.54, 1.807) is 30.6 Å². The second kappa shape index (κ2) is 4.16. The zero-order chi connectivity index (χ0) is 13.4. The van der Waals surface area contributed by atoms with E-state index >= 15 is 0 Å². The van der Waals surface area contributed by atoms with Crippen LogP contribution in [0, 0.1) is 0 Å². The van der Waals surface area contributed by atoms with Crippen molar-refractivity contribution in [2.24, 2.45) is 0 Å². The van der Waals surface area contributed by atoms with Crippen molar-refractivity contribution in [1.82, 2.24) is 19.4 Å². The lowest BCUT2D eigenvalue weighted by Crippen LogP contribution is -2.10. The lowest BCUT2D eigenvalue weighted by Gasteiger charge is -1.96. The van der Waals surface area contributed by atoms with Gasteiger partial charge in [-0.3, -0.25) is 19.0 Å². The molecule has 0 saturated heterocycles. The van der Waals surface area contributed by atoms with Crippen molar-refractivity contribution >= 4 is 11.3 Å². The fraction of sp³-hybridized carbons (Fsp3) is 0.0769. The Kier molecular flexibility index (Phi) is 2.49. The van der Waals surface area contributed by atoms with Crippen molar-refractivity contribution in [3.63, 3.8) is 0 Å². The number of hydrogen-bond acceptors (Lipinski definition) is 4. The van der Waals surface area contributed by atoms with E-state index in [0.29, 0.717) is 16.9 Å². The lowest BCUT2D eigenvalue weighted by atomic mass is 10.2. The highest BCUT2D eigenvalue weighted by atomic mass is 16.1. The number of aromatic amines is 1. The van der Waals surface area contributed by atoms with Crippen molar-refractivity contribution in [1.29, 1.82) is 0 Å². The molecule has 0 aliphatic carbocycles. The first-order valence-electron chi connectivity index (χ1n) is 5.70. The molecule has 0 aliphatic rings. The van der Waals surface area contributed by atoms with Gasteiger partial charge in [0.1, 0.15) is 11.2 Å². The van der Waals surface area contributed by atoms with Gasteiger partial charge in [-0.15, -0.1) is 0 Å². The van der Waals surface area contributed by atoms with E-state index in [1.807, 2.05) is 0 Å². The van der Waals surface area contributed by atoms with Gasteiger partial charge in [-0.2, -0.15) is 0 Å². The first kappa shape index (κ1) is 11.3. The third-order valence-corrected chi connectivity index (χ3v) is 2.79. The predicted octanol–water partition coefficient (Wildman–Crippen LogP) is 1.29. The molecule has 0 radical (unpaired) electrons. The largest absolute Gasteiger partial charge is 0.326 e. The van der Waals surface area contributed by atoms with Crippen LogP contribution >= 0.6 is 0 Å². The minimum absolute atomic E-state index is 0.206. The van der Waals surface area contributed by atoms with Crippen LogP contribution < -0.4 is 5.56 Å². The molecule has 3 heterocycles. The van der Waals surface area contributed by atoms with E-state index in [0.717, 1.165) is 0 Å². The molecule has 0 aromatic carbocycles. The molecule has 0 aliphatic heterocycles. The van der Waals surface area contributed by atoms with Gasteiger partial charge in [-0.05, 0) is 12.1 Å². The van der Waals surface area contributed by atoms with Gasteiger partial charge in [0, 0.05) is 25.5 Å². The maximum atomic E-state index is 12.0. The van der Waals surface area contributed by atoms with Gasteiger partial charge in [-0.1, -0.05) is 6.07 Å². The number of H-pyrrole nitrogens is 1. The van der Waals surface area contributed by atoms with E-state index < -0.39 is 0 Å². The fourth-order valence-electron chi connectivity index (χ4n) is 1.98. The Bertz CT molecular complexity index is 818. The van der Waals surface area contributed by atoms with Gasteiger partial charge in [0.2, 0.25) is 0 Å². The number of nitrogens with zero attached hydrogens (tertiary/aromatic N) is 3. The van der Waals surface area contributed by atoms with Crippen LogP contribution in [0.25, 0.3) is 16.9 Å². The summed E-state index contributed by atoms with van der Waals surface area (Å²) < 4.78 is 1.49. The quantitative estimate of drug-likeness (QED) is 0.699. The van der Waals surface area contributed by atoms with Gasteiger partial charge in [0.25, 0.3) is 5.56 Å². The summed E-state index contributed by atoms with van der Waals surface area (Å²) >= 11 is 0. The standard InChI is InChI=1S/C13H10N4O2/c1-8(18)12-16-10(9-4-2-3-5-14-9)11-13(19)15-6-7-17(11)12/h2-7H,1H3,(H,15,19). The molecule has 19 heavy (non-hydrogen) atoms. The molecule has 3 aromatic rings. The summed E-state index contributed by atoms with van der Waals surface area (Å²) in [7, 11) is 0. The van der Waals surface area contributed by atoms with Crippen molar-refractivity contribution in [3.05, 3.63) is 53.0 Å². The molecule has 0 saturated carbocycles. The van der Waals surface area contributed by atoms with E-state index in [1.165, 1.54) is 17.5 Å². The number of ketones is 1. The van der Waals surface area contributed by atoms with Crippen LogP contribution in [0.4, 0.5) is 0 Å². The van der Waals surface area contributed by atoms with E-state index in [-0.39, 0.29) is 17.2 Å². The Hall–Kier alpha value is -2.76. The number of hydrogen-bond donors (Lipinski definition) is 1. The smallest absolute Gasteiger partial charge is 0.274 e. The molecule has 0 amide bonds. The third kappa shape index (κ3) is 1.74. The molecular formula is C13H10N4O2. The minimum atomic E-state index is -0.303. The van der Waals surface area contributed by atoms with Crippen LogP contribution in [0.5, 0.6) is 0 Å². The van der Waals surface area contributed by atoms with Gasteiger partial charge >= 0.3 is 0 Å². The van der Waals surface area contributed by atoms with Crippen molar-refractivity contribution in [2.75, 3.05) is 0 Å². The first-order valence-corrected chi connectivity index (χ1v) is 5.70. The van der Waals surface area contributed by atoms with E-state index in [9.17, 15) is 9.59 Å². The van der Waals surface area contributed by atoms with Gasteiger partial charge < -0.3 is 4.98 Å². The SMILES string of the molecule is CC(=O)c1nc(-c2ccccn2)c2c(=O)[nH]ccn12. The Balaban J connectivity index is 2.44. The summed E-state index contributed by atoms with van der Waals surface area (Å²) in [5.41, 5.74) is 0.992. The number of carbonyl (C=O) groups excluding carboxylic acids is 1. The molecule has 6 nitrogen and oxygen atoms in total. The topological polar surface area (TPSA) is 80.1 Å². The summed E-state index contributed by atoms with van der Waals surface area (Å²) in [4.78, 5) is 34.6. The molecular weight excluding hydrogens is 244 g/mol. The van der Waals surface area contributed by atoms with E-state index in [2.05, 4.69) is 15.0 Å². The number of fused-ring (bicyclic) bond motifs is 1. The average molecular weight is 254 g/mol. The van der Waals surface area contributed by atoms with Crippen molar-refractivity contribution < 1.29 is 4.79 Å². The Morgan fingerprint density at radius 3 is 2.89 bits per heavy atom. The molecule has 0 bridgehead atoms. The average Bonchev–Trinajstić information content (AvgIpc) is 2.81. The van der Waals surface area contributed by atoms with Crippen LogP contribution in [0.1, 0.15) is 17.5 Å². The van der Waals surface area contributed by atoms with Gasteiger partial charge in [0.05, 0.1) is 5.69 Å². The molecule has 6 heteroatoms. The fourth-order valence-corrected chi connectivity index (χ4v) is 1.98. The number of carbonyl (C=O) groups is 1. The number of Topliss-reactive ketones (excluding diaryl/α,β-unsaturated/α-hetero) is 1. The molecule has 1 N–H and O–H groups in total. The van der Waals surface area contributed by atoms with Crippen LogP contribution in [-0.2, 0) is 0 Å². The lowest BCUT2D eigenvalue weighted by molar-refractivity contribution is 0.100. The van der Waals surface area contributed by atoms with E-state index in [4.69, 9.17) is 0 Å². The Labute approximate surface area is 107 Å². The zero-order valence-corrected chi connectivity index (χ0v) is 10.1. The van der Waals surface area contributed by atoms with Crippen LogP contribution in [-0.4, -0.2) is 25.1 Å².